The second-order valence-electron chi connectivity index (χ2n) is 7.24. The average Bonchev–Trinajstić information content (AvgIpc) is 2.75. The SMILES string of the molecule is O=Cc1ccc(-c2ccc(O[C@H]3C[C@@H](C(=O)OCc4ccccc4)C3)nc2)cc1F. The minimum Gasteiger partial charge on any atom is -0.474 e. The molecule has 1 heterocycles. The summed E-state index contributed by atoms with van der Waals surface area (Å²) in [5.74, 6) is -0.479. The van der Waals surface area contributed by atoms with Crippen molar-refractivity contribution in [2.24, 2.45) is 5.92 Å². The Hall–Kier alpha value is -3.54. The van der Waals surface area contributed by atoms with Crippen LogP contribution in [0.1, 0.15) is 28.8 Å². The van der Waals surface area contributed by atoms with E-state index in [9.17, 15) is 14.0 Å². The fourth-order valence-electron chi connectivity index (χ4n) is 3.29. The standard InChI is InChI=1S/C24H20FNO4/c25-22-12-17(6-7-19(22)14-27)18-8-9-23(26-13-18)30-21-10-20(11-21)24(28)29-15-16-4-2-1-3-5-16/h1-9,12-14,20-21H,10-11,15H2/t20-,21+. The number of aldehydes is 1. The van der Waals surface area contributed by atoms with Crippen LogP contribution >= 0.6 is 0 Å². The number of hydrogen-bond acceptors (Lipinski definition) is 5. The van der Waals surface area contributed by atoms with Crippen LogP contribution in [0.3, 0.4) is 0 Å². The van der Waals surface area contributed by atoms with Crippen LogP contribution in [0, 0.1) is 11.7 Å². The molecule has 0 N–H and O–H groups in total. The lowest BCUT2D eigenvalue weighted by molar-refractivity contribution is -0.156. The number of ether oxygens (including phenoxy) is 2. The predicted molar refractivity (Wildman–Crippen MR) is 108 cm³/mol. The van der Waals surface area contributed by atoms with Crippen LogP contribution in [0.4, 0.5) is 4.39 Å². The maximum Gasteiger partial charge on any atom is 0.309 e. The first-order chi connectivity index (χ1) is 14.6. The first kappa shape index (κ1) is 19.8. The Morgan fingerprint density at radius 2 is 1.83 bits per heavy atom. The number of rotatable bonds is 7. The van der Waals surface area contributed by atoms with Gasteiger partial charge < -0.3 is 9.47 Å². The first-order valence-corrected chi connectivity index (χ1v) is 9.71. The third-order valence-corrected chi connectivity index (χ3v) is 5.14. The summed E-state index contributed by atoms with van der Waals surface area (Å²) >= 11 is 0. The van der Waals surface area contributed by atoms with Gasteiger partial charge in [-0.05, 0) is 42.2 Å². The molecule has 0 atom stereocenters. The van der Waals surface area contributed by atoms with Gasteiger partial charge in [0, 0.05) is 17.8 Å². The number of carbonyl (C=O) groups is 2. The molecular formula is C24H20FNO4. The van der Waals surface area contributed by atoms with Gasteiger partial charge in [0.25, 0.3) is 0 Å². The Balaban J connectivity index is 1.26. The minimum absolute atomic E-state index is 0.0218. The van der Waals surface area contributed by atoms with E-state index in [1.54, 1.807) is 24.4 Å². The maximum atomic E-state index is 13.8. The highest BCUT2D eigenvalue weighted by molar-refractivity contribution is 5.77. The molecule has 30 heavy (non-hydrogen) atoms. The van der Waals surface area contributed by atoms with Crippen molar-refractivity contribution in [1.82, 2.24) is 4.98 Å². The van der Waals surface area contributed by atoms with Gasteiger partial charge in [-0.15, -0.1) is 0 Å². The van der Waals surface area contributed by atoms with Crippen molar-refractivity contribution in [2.45, 2.75) is 25.6 Å². The average molecular weight is 405 g/mol. The minimum atomic E-state index is -0.567. The van der Waals surface area contributed by atoms with Gasteiger partial charge in [0.15, 0.2) is 6.29 Å². The van der Waals surface area contributed by atoms with Crippen molar-refractivity contribution in [3.05, 3.63) is 83.8 Å². The Kier molecular flexibility index (Phi) is 5.84. The van der Waals surface area contributed by atoms with Crippen LogP contribution in [-0.2, 0) is 16.1 Å². The van der Waals surface area contributed by atoms with Gasteiger partial charge >= 0.3 is 5.97 Å². The third-order valence-electron chi connectivity index (χ3n) is 5.14. The molecule has 0 aliphatic heterocycles. The topological polar surface area (TPSA) is 65.5 Å². The molecule has 0 amide bonds. The molecule has 1 fully saturated rings. The molecule has 3 aromatic rings. The number of benzene rings is 2. The summed E-state index contributed by atoms with van der Waals surface area (Å²) in [4.78, 5) is 27.1. The van der Waals surface area contributed by atoms with Crippen molar-refractivity contribution < 1.29 is 23.5 Å². The number of halogens is 1. The van der Waals surface area contributed by atoms with Crippen LogP contribution in [0.5, 0.6) is 5.88 Å². The summed E-state index contributed by atoms with van der Waals surface area (Å²) in [5.41, 5.74) is 2.33. The molecular weight excluding hydrogens is 385 g/mol. The van der Waals surface area contributed by atoms with Crippen LogP contribution in [-0.4, -0.2) is 23.3 Å². The van der Waals surface area contributed by atoms with Gasteiger partial charge in [0.2, 0.25) is 5.88 Å². The predicted octanol–water partition coefficient (Wildman–Crippen LogP) is 4.60. The smallest absolute Gasteiger partial charge is 0.309 e. The van der Waals surface area contributed by atoms with E-state index in [1.165, 1.54) is 12.1 Å². The number of hydrogen-bond donors (Lipinski definition) is 0. The lowest BCUT2D eigenvalue weighted by Gasteiger charge is -2.33. The summed E-state index contributed by atoms with van der Waals surface area (Å²) in [6.45, 7) is 0.277. The fourth-order valence-corrected chi connectivity index (χ4v) is 3.29. The largest absolute Gasteiger partial charge is 0.474 e. The summed E-state index contributed by atoms with van der Waals surface area (Å²) in [6, 6.07) is 17.5. The van der Waals surface area contributed by atoms with Gasteiger partial charge in [0.1, 0.15) is 18.5 Å². The lowest BCUT2D eigenvalue weighted by Crippen LogP contribution is -2.39. The van der Waals surface area contributed by atoms with E-state index in [-0.39, 0.29) is 30.2 Å². The highest BCUT2D eigenvalue weighted by atomic mass is 19.1. The van der Waals surface area contributed by atoms with Crippen LogP contribution in [0.15, 0.2) is 66.9 Å². The third kappa shape index (κ3) is 4.54. The zero-order valence-electron chi connectivity index (χ0n) is 16.2. The number of esters is 1. The Morgan fingerprint density at radius 3 is 2.50 bits per heavy atom. The van der Waals surface area contributed by atoms with Crippen LogP contribution in [0.2, 0.25) is 0 Å². The highest BCUT2D eigenvalue weighted by Crippen LogP contribution is 2.32. The van der Waals surface area contributed by atoms with Crippen LogP contribution < -0.4 is 4.74 Å². The summed E-state index contributed by atoms with van der Waals surface area (Å²) in [5, 5.41) is 0. The molecule has 4 rings (SSSR count). The molecule has 0 radical (unpaired) electrons. The van der Waals surface area contributed by atoms with Gasteiger partial charge in [-0.25, -0.2) is 9.37 Å². The number of nitrogens with zero attached hydrogens (tertiary/aromatic N) is 1. The number of carbonyl (C=O) groups excluding carboxylic acids is 2. The number of aromatic nitrogens is 1. The molecule has 1 aliphatic carbocycles. The van der Waals surface area contributed by atoms with Gasteiger partial charge in [-0.3, -0.25) is 9.59 Å². The zero-order valence-corrected chi connectivity index (χ0v) is 16.2. The Bertz CT molecular complexity index is 1030. The second-order valence-corrected chi connectivity index (χ2v) is 7.24. The molecule has 2 aromatic carbocycles. The molecule has 0 spiro atoms. The molecule has 0 saturated heterocycles. The Labute approximate surface area is 173 Å². The van der Waals surface area contributed by atoms with E-state index in [0.29, 0.717) is 30.6 Å². The highest BCUT2D eigenvalue weighted by Gasteiger charge is 2.37. The molecule has 5 nitrogen and oxygen atoms in total. The fraction of sp³-hybridized carbons (Fsp3) is 0.208. The molecule has 152 valence electrons. The maximum absolute atomic E-state index is 13.8. The quantitative estimate of drug-likeness (QED) is 0.425. The number of pyridine rings is 1. The van der Waals surface area contributed by atoms with Gasteiger partial charge in [-0.2, -0.15) is 0 Å². The van der Waals surface area contributed by atoms with Crippen LogP contribution in [0.25, 0.3) is 11.1 Å². The zero-order chi connectivity index (χ0) is 20.9. The van der Waals surface area contributed by atoms with E-state index in [1.807, 2.05) is 30.3 Å². The lowest BCUT2D eigenvalue weighted by atomic mass is 9.82. The molecule has 6 heteroatoms. The molecule has 1 aromatic heterocycles. The van der Waals surface area contributed by atoms with Gasteiger partial charge in [-0.1, -0.05) is 36.4 Å². The van der Waals surface area contributed by atoms with Crippen molar-refractivity contribution in [1.29, 1.82) is 0 Å². The molecule has 1 aliphatic rings. The first-order valence-electron chi connectivity index (χ1n) is 9.71. The van der Waals surface area contributed by atoms with Crippen molar-refractivity contribution in [3.63, 3.8) is 0 Å². The normalized spacial score (nSPS) is 17.6. The van der Waals surface area contributed by atoms with Crippen molar-refractivity contribution in [3.8, 4) is 17.0 Å². The molecule has 1 saturated carbocycles. The second kappa shape index (κ2) is 8.86. The van der Waals surface area contributed by atoms with E-state index >= 15 is 0 Å². The monoisotopic (exact) mass is 405 g/mol. The molecule has 0 bridgehead atoms. The van der Waals surface area contributed by atoms with E-state index in [4.69, 9.17) is 9.47 Å². The van der Waals surface area contributed by atoms with Gasteiger partial charge in [0.05, 0.1) is 11.5 Å². The van der Waals surface area contributed by atoms with Crippen molar-refractivity contribution in [2.75, 3.05) is 0 Å². The van der Waals surface area contributed by atoms with Crippen molar-refractivity contribution >= 4 is 12.3 Å². The Morgan fingerprint density at radius 1 is 1.07 bits per heavy atom. The summed E-state index contributed by atoms with van der Waals surface area (Å²) in [6.07, 6.45) is 3.18. The summed E-state index contributed by atoms with van der Waals surface area (Å²) < 4.78 is 24.9. The molecule has 0 unspecified atom stereocenters. The van der Waals surface area contributed by atoms with E-state index in [0.717, 1.165) is 11.1 Å². The van der Waals surface area contributed by atoms with E-state index in [2.05, 4.69) is 4.98 Å². The van der Waals surface area contributed by atoms with E-state index < -0.39 is 5.82 Å². The summed E-state index contributed by atoms with van der Waals surface area (Å²) in [7, 11) is 0.